The zero-order valence-corrected chi connectivity index (χ0v) is 22.8. The number of aliphatic hydroxyl groups is 1. The molecule has 12 heteroatoms. The first kappa shape index (κ1) is 27.3. The van der Waals surface area contributed by atoms with E-state index in [0.717, 1.165) is 5.56 Å². The molecule has 0 aliphatic heterocycles. The molecule has 0 aliphatic carbocycles. The Morgan fingerprint density at radius 3 is 2.24 bits per heavy atom. The minimum absolute atomic E-state index is 0.0110. The fourth-order valence-corrected chi connectivity index (χ4v) is 6.34. The van der Waals surface area contributed by atoms with Crippen LogP contribution in [-0.2, 0) is 15.6 Å². The second-order valence-corrected chi connectivity index (χ2v) is 11.2. The molecule has 0 fully saturated rings. The lowest BCUT2D eigenvalue weighted by atomic mass is 10.0. The van der Waals surface area contributed by atoms with Crippen LogP contribution in [0.25, 0.3) is 17.3 Å². The highest BCUT2D eigenvalue weighted by atomic mass is 32.2. The van der Waals surface area contributed by atoms with Crippen LogP contribution in [-0.4, -0.2) is 64.3 Å². The van der Waals surface area contributed by atoms with E-state index in [2.05, 4.69) is 20.2 Å². The Kier molecular flexibility index (Phi) is 8.12. The van der Waals surface area contributed by atoms with Gasteiger partial charge in [0.2, 0.25) is 5.82 Å². The van der Waals surface area contributed by atoms with Gasteiger partial charge in [0, 0.05) is 24.9 Å². The summed E-state index contributed by atoms with van der Waals surface area (Å²) in [6.07, 6.45) is 3.30. The highest BCUT2D eigenvalue weighted by Gasteiger charge is 2.35. The molecule has 0 bridgehead atoms. The SMILES string of the molecule is COc1cccc(OC)c1-n1c(CS(=O)(=O)[C@@H](CCO)[C@H](C)c2ncc(C)cn2)nnc1-c1ccc(C)o1. The van der Waals surface area contributed by atoms with Crippen molar-refractivity contribution in [1.82, 2.24) is 24.7 Å². The van der Waals surface area contributed by atoms with Crippen molar-refractivity contribution in [2.24, 2.45) is 0 Å². The second kappa shape index (κ2) is 11.3. The fourth-order valence-electron chi connectivity index (χ4n) is 4.37. The van der Waals surface area contributed by atoms with Crippen molar-refractivity contribution >= 4 is 9.84 Å². The van der Waals surface area contributed by atoms with Crippen molar-refractivity contribution in [2.45, 2.75) is 44.1 Å². The quantitative estimate of drug-likeness (QED) is 0.300. The van der Waals surface area contributed by atoms with E-state index in [1.54, 1.807) is 61.1 Å². The van der Waals surface area contributed by atoms with Crippen molar-refractivity contribution < 1.29 is 27.4 Å². The van der Waals surface area contributed by atoms with Crippen LogP contribution in [0, 0.1) is 13.8 Å². The predicted octanol–water partition coefficient (Wildman–Crippen LogP) is 3.42. The summed E-state index contributed by atoms with van der Waals surface area (Å²) in [5.41, 5.74) is 1.30. The molecule has 0 amide bonds. The third-order valence-electron chi connectivity index (χ3n) is 6.29. The summed E-state index contributed by atoms with van der Waals surface area (Å²) in [5, 5.41) is 17.4. The van der Waals surface area contributed by atoms with Crippen LogP contribution >= 0.6 is 0 Å². The van der Waals surface area contributed by atoms with Crippen LogP contribution in [0.15, 0.2) is 47.1 Å². The number of sulfone groups is 1. The molecule has 38 heavy (non-hydrogen) atoms. The third-order valence-corrected chi connectivity index (χ3v) is 8.51. The molecule has 4 aromatic rings. The van der Waals surface area contributed by atoms with Gasteiger partial charge in [-0.05, 0) is 50.1 Å². The zero-order chi connectivity index (χ0) is 27.4. The average molecular weight is 542 g/mol. The Morgan fingerprint density at radius 2 is 1.68 bits per heavy atom. The maximum Gasteiger partial charge on any atom is 0.204 e. The van der Waals surface area contributed by atoms with Gasteiger partial charge in [-0.1, -0.05) is 13.0 Å². The summed E-state index contributed by atoms with van der Waals surface area (Å²) in [6.45, 7) is 5.08. The molecule has 2 atom stereocenters. The van der Waals surface area contributed by atoms with E-state index in [0.29, 0.717) is 40.4 Å². The maximum atomic E-state index is 13.9. The van der Waals surface area contributed by atoms with E-state index in [4.69, 9.17) is 13.9 Å². The summed E-state index contributed by atoms with van der Waals surface area (Å²) in [7, 11) is -0.884. The van der Waals surface area contributed by atoms with Crippen LogP contribution in [0.5, 0.6) is 11.5 Å². The summed E-state index contributed by atoms with van der Waals surface area (Å²) < 4.78 is 46.3. The lowest BCUT2D eigenvalue weighted by Crippen LogP contribution is -2.31. The largest absolute Gasteiger partial charge is 0.494 e. The molecule has 0 radical (unpaired) electrons. The summed E-state index contributed by atoms with van der Waals surface area (Å²) in [6, 6.07) is 8.75. The van der Waals surface area contributed by atoms with Crippen LogP contribution in [0.3, 0.4) is 0 Å². The highest BCUT2D eigenvalue weighted by Crippen LogP contribution is 2.37. The van der Waals surface area contributed by atoms with Gasteiger partial charge in [0.25, 0.3) is 0 Å². The zero-order valence-electron chi connectivity index (χ0n) is 22.0. The van der Waals surface area contributed by atoms with E-state index in [1.165, 1.54) is 14.2 Å². The first-order valence-corrected chi connectivity index (χ1v) is 13.7. The maximum absolute atomic E-state index is 13.9. The monoisotopic (exact) mass is 541 g/mol. The summed E-state index contributed by atoms with van der Waals surface area (Å²) in [5.74, 6) is 1.69. The van der Waals surface area contributed by atoms with Crippen LogP contribution in [0.2, 0.25) is 0 Å². The molecule has 3 heterocycles. The molecule has 0 aliphatic rings. The van der Waals surface area contributed by atoms with Gasteiger partial charge in [-0.2, -0.15) is 0 Å². The van der Waals surface area contributed by atoms with Gasteiger partial charge in [0.15, 0.2) is 21.4 Å². The molecule has 11 nitrogen and oxygen atoms in total. The molecule has 202 valence electrons. The number of ether oxygens (including phenoxy) is 2. The first-order chi connectivity index (χ1) is 18.2. The van der Waals surface area contributed by atoms with Crippen molar-refractivity contribution in [3.8, 4) is 28.8 Å². The Bertz CT molecular complexity index is 1470. The van der Waals surface area contributed by atoms with Crippen LogP contribution in [0.1, 0.15) is 42.2 Å². The number of benzene rings is 1. The van der Waals surface area contributed by atoms with E-state index in [1.807, 2.05) is 6.92 Å². The summed E-state index contributed by atoms with van der Waals surface area (Å²) in [4.78, 5) is 8.65. The molecule has 0 spiro atoms. The number of hydrogen-bond acceptors (Lipinski definition) is 10. The number of aliphatic hydroxyl groups excluding tert-OH is 1. The van der Waals surface area contributed by atoms with Crippen LogP contribution in [0.4, 0.5) is 0 Å². The highest BCUT2D eigenvalue weighted by molar-refractivity contribution is 7.91. The third kappa shape index (κ3) is 5.41. The van der Waals surface area contributed by atoms with Gasteiger partial charge in [0.05, 0.1) is 19.5 Å². The Hall–Kier alpha value is -3.77. The van der Waals surface area contributed by atoms with Gasteiger partial charge in [-0.15, -0.1) is 10.2 Å². The normalized spacial score (nSPS) is 13.3. The Balaban J connectivity index is 1.84. The molecule has 0 saturated heterocycles. The van der Waals surface area contributed by atoms with Crippen LogP contribution < -0.4 is 9.47 Å². The van der Waals surface area contributed by atoms with Gasteiger partial charge in [-0.3, -0.25) is 4.57 Å². The van der Waals surface area contributed by atoms with E-state index in [9.17, 15) is 13.5 Å². The molecule has 1 N–H and O–H groups in total. The van der Waals surface area contributed by atoms with Gasteiger partial charge in [-0.25, -0.2) is 18.4 Å². The first-order valence-electron chi connectivity index (χ1n) is 12.0. The number of methoxy groups -OCH3 is 2. The van der Waals surface area contributed by atoms with Gasteiger partial charge < -0.3 is 19.0 Å². The molecule has 0 unspecified atom stereocenters. The van der Waals surface area contributed by atoms with E-state index in [-0.39, 0.29) is 18.9 Å². The standard InChI is InChI=1S/C26H31N5O6S/c1-16-13-27-25(28-14-16)18(3)22(11-12-32)38(33,34)15-23-29-30-26(21-10-9-17(2)37-21)31(23)24-19(35-4)7-6-8-20(24)36-5/h6-10,13-14,18,22,32H,11-12,15H2,1-5H3/t18-,22-/m0/s1. The molecular weight excluding hydrogens is 510 g/mol. The smallest absolute Gasteiger partial charge is 0.204 e. The Morgan fingerprint density at radius 1 is 1.03 bits per heavy atom. The topological polar surface area (TPSA) is 142 Å². The second-order valence-electron chi connectivity index (χ2n) is 8.96. The number of rotatable bonds is 11. The van der Waals surface area contributed by atoms with Crippen molar-refractivity contribution in [3.05, 3.63) is 65.7 Å². The molecular formula is C26H31N5O6S. The molecule has 3 aromatic heterocycles. The number of nitrogens with zero attached hydrogens (tertiary/aromatic N) is 5. The van der Waals surface area contributed by atoms with E-state index >= 15 is 0 Å². The molecule has 1 aromatic carbocycles. The van der Waals surface area contributed by atoms with Crippen molar-refractivity contribution in [3.63, 3.8) is 0 Å². The predicted molar refractivity (Wildman–Crippen MR) is 140 cm³/mol. The minimum Gasteiger partial charge on any atom is -0.494 e. The van der Waals surface area contributed by atoms with Crippen molar-refractivity contribution in [2.75, 3.05) is 20.8 Å². The number of aromatic nitrogens is 5. The van der Waals surface area contributed by atoms with Crippen molar-refractivity contribution in [1.29, 1.82) is 0 Å². The van der Waals surface area contributed by atoms with Gasteiger partial charge in [0.1, 0.15) is 34.5 Å². The lowest BCUT2D eigenvalue weighted by Gasteiger charge is -2.23. The fraction of sp³-hybridized carbons (Fsp3) is 0.385. The minimum atomic E-state index is -3.90. The average Bonchev–Trinajstić information content (AvgIpc) is 3.51. The Labute approximate surface area is 221 Å². The van der Waals surface area contributed by atoms with Gasteiger partial charge >= 0.3 is 0 Å². The molecule has 0 saturated carbocycles. The number of para-hydroxylation sites is 1. The number of aryl methyl sites for hydroxylation is 2. The molecule has 4 rings (SSSR count). The van der Waals surface area contributed by atoms with E-state index < -0.39 is 26.8 Å². The summed E-state index contributed by atoms with van der Waals surface area (Å²) >= 11 is 0. The number of furan rings is 1. The lowest BCUT2D eigenvalue weighted by molar-refractivity contribution is 0.280. The number of hydrogen-bond donors (Lipinski definition) is 1.